The molecule has 0 saturated carbocycles. The van der Waals surface area contributed by atoms with Crippen molar-refractivity contribution < 1.29 is 28.6 Å². The number of hydrogen-bond acceptors (Lipinski definition) is 6. The molecular formula is C15H19NO6. The molecule has 0 radical (unpaired) electrons. The van der Waals surface area contributed by atoms with Gasteiger partial charge in [0.1, 0.15) is 11.7 Å². The number of esters is 2. The number of hydrogen-bond donors (Lipinski definition) is 1. The van der Waals surface area contributed by atoms with Crippen LogP contribution in [0, 0.1) is 0 Å². The highest BCUT2D eigenvalue weighted by molar-refractivity contribution is 6.05. The van der Waals surface area contributed by atoms with Crippen LogP contribution in [0.3, 0.4) is 0 Å². The molecule has 0 fully saturated rings. The standard InChI is InChI=1S/C15H19NO6/c1-4-20-13(18)11-10-6-7-15(22-10,8-16-9(3)17)12(11)14(19)21-5-2/h6-7,10H,4-5,8H2,1-3H3,(H,16,17). The average Bonchev–Trinajstić information content (AvgIpc) is 3.02. The number of carbonyl (C=O) groups excluding carboxylic acids is 3. The Bertz CT molecular complexity index is 564. The molecule has 2 bridgehead atoms. The second-order valence-corrected chi connectivity index (χ2v) is 4.93. The Balaban J connectivity index is 2.40. The Morgan fingerprint density at radius 2 is 1.86 bits per heavy atom. The predicted molar refractivity (Wildman–Crippen MR) is 75.7 cm³/mol. The zero-order valence-electron chi connectivity index (χ0n) is 12.8. The van der Waals surface area contributed by atoms with Gasteiger partial charge < -0.3 is 19.5 Å². The number of ether oxygens (including phenoxy) is 3. The third-order valence-electron chi connectivity index (χ3n) is 3.43. The van der Waals surface area contributed by atoms with Gasteiger partial charge in [-0.2, -0.15) is 0 Å². The van der Waals surface area contributed by atoms with E-state index in [-0.39, 0.29) is 36.8 Å². The molecule has 2 rings (SSSR count). The largest absolute Gasteiger partial charge is 0.463 e. The molecule has 7 heteroatoms. The molecule has 2 aliphatic heterocycles. The molecule has 2 unspecified atom stereocenters. The van der Waals surface area contributed by atoms with Crippen LogP contribution in [0.2, 0.25) is 0 Å². The third kappa shape index (κ3) is 2.76. The summed E-state index contributed by atoms with van der Waals surface area (Å²) in [7, 11) is 0. The molecule has 0 saturated heterocycles. The normalized spacial score (nSPS) is 25.3. The first-order valence-electron chi connectivity index (χ1n) is 7.15. The fourth-order valence-corrected chi connectivity index (χ4v) is 2.57. The summed E-state index contributed by atoms with van der Waals surface area (Å²) in [6.45, 7) is 5.12. The second-order valence-electron chi connectivity index (χ2n) is 4.93. The summed E-state index contributed by atoms with van der Waals surface area (Å²) in [4.78, 5) is 35.6. The van der Waals surface area contributed by atoms with Crippen LogP contribution >= 0.6 is 0 Å². The van der Waals surface area contributed by atoms with Crippen molar-refractivity contribution in [3.8, 4) is 0 Å². The van der Waals surface area contributed by atoms with E-state index in [2.05, 4.69) is 5.32 Å². The summed E-state index contributed by atoms with van der Waals surface area (Å²) in [5.74, 6) is -1.50. The monoisotopic (exact) mass is 309 g/mol. The summed E-state index contributed by atoms with van der Waals surface area (Å²) < 4.78 is 15.8. The molecule has 22 heavy (non-hydrogen) atoms. The zero-order chi connectivity index (χ0) is 16.3. The van der Waals surface area contributed by atoms with Gasteiger partial charge in [-0.25, -0.2) is 9.59 Å². The third-order valence-corrected chi connectivity index (χ3v) is 3.43. The minimum atomic E-state index is -1.18. The van der Waals surface area contributed by atoms with Gasteiger partial charge in [-0.1, -0.05) is 6.08 Å². The number of rotatable bonds is 6. The number of nitrogens with one attached hydrogen (secondary N) is 1. The van der Waals surface area contributed by atoms with Crippen LogP contribution in [0.1, 0.15) is 20.8 Å². The van der Waals surface area contributed by atoms with Crippen LogP contribution in [0.25, 0.3) is 0 Å². The van der Waals surface area contributed by atoms with Gasteiger partial charge in [-0.05, 0) is 19.9 Å². The van der Waals surface area contributed by atoms with Gasteiger partial charge >= 0.3 is 11.9 Å². The van der Waals surface area contributed by atoms with Crippen LogP contribution in [0.5, 0.6) is 0 Å². The van der Waals surface area contributed by atoms with Crippen molar-refractivity contribution >= 4 is 17.8 Å². The lowest BCUT2D eigenvalue weighted by atomic mass is 9.86. The van der Waals surface area contributed by atoms with Crippen LogP contribution in [0.15, 0.2) is 23.3 Å². The minimum absolute atomic E-state index is 0.0480. The summed E-state index contributed by atoms with van der Waals surface area (Å²) >= 11 is 0. The van der Waals surface area contributed by atoms with Crippen molar-refractivity contribution in [3.63, 3.8) is 0 Å². The van der Waals surface area contributed by atoms with Crippen LogP contribution < -0.4 is 5.32 Å². The van der Waals surface area contributed by atoms with E-state index < -0.39 is 23.6 Å². The van der Waals surface area contributed by atoms with Gasteiger partial charge in [0.2, 0.25) is 5.91 Å². The highest BCUT2D eigenvalue weighted by Crippen LogP contribution is 2.43. The van der Waals surface area contributed by atoms with Crippen molar-refractivity contribution in [3.05, 3.63) is 23.3 Å². The molecule has 1 amide bonds. The Kier molecular flexibility index (Phi) is 4.65. The molecular weight excluding hydrogens is 290 g/mol. The molecule has 0 aromatic carbocycles. The number of carbonyl (C=O) groups is 3. The topological polar surface area (TPSA) is 90.9 Å². The Labute approximate surface area is 128 Å². The van der Waals surface area contributed by atoms with E-state index in [4.69, 9.17) is 14.2 Å². The zero-order valence-corrected chi connectivity index (χ0v) is 12.8. The predicted octanol–water partition coefficient (Wildman–Crippen LogP) is 0.253. The quantitative estimate of drug-likeness (QED) is 0.559. The Morgan fingerprint density at radius 1 is 1.23 bits per heavy atom. The van der Waals surface area contributed by atoms with Gasteiger partial charge in [0, 0.05) is 6.92 Å². The molecule has 0 aromatic heterocycles. The molecule has 0 aliphatic carbocycles. The molecule has 1 N–H and O–H groups in total. The first kappa shape index (κ1) is 16.2. The van der Waals surface area contributed by atoms with E-state index >= 15 is 0 Å². The molecule has 0 spiro atoms. The smallest absolute Gasteiger partial charge is 0.338 e. The lowest BCUT2D eigenvalue weighted by molar-refractivity contribution is -0.142. The maximum Gasteiger partial charge on any atom is 0.338 e. The van der Waals surface area contributed by atoms with Crippen LogP contribution in [0.4, 0.5) is 0 Å². The van der Waals surface area contributed by atoms with Gasteiger partial charge in [0.15, 0.2) is 0 Å². The van der Waals surface area contributed by atoms with E-state index in [0.717, 1.165) is 0 Å². The highest BCUT2D eigenvalue weighted by Gasteiger charge is 2.54. The molecule has 2 atom stereocenters. The fraction of sp³-hybridized carbons (Fsp3) is 0.533. The maximum absolute atomic E-state index is 12.3. The van der Waals surface area contributed by atoms with Gasteiger partial charge in [-0.15, -0.1) is 0 Å². The maximum atomic E-state index is 12.3. The first-order chi connectivity index (χ1) is 10.4. The minimum Gasteiger partial charge on any atom is -0.463 e. The van der Waals surface area contributed by atoms with Crippen molar-refractivity contribution in [2.75, 3.05) is 19.8 Å². The lowest BCUT2D eigenvalue weighted by Gasteiger charge is -2.25. The molecule has 0 aromatic rings. The van der Waals surface area contributed by atoms with E-state index in [0.29, 0.717) is 0 Å². The molecule has 7 nitrogen and oxygen atoms in total. The Morgan fingerprint density at radius 3 is 2.45 bits per heavy atom. The number of fused-ring (bicyclic) bond motifs is 2. The molecule has 120 valence electrons. The van der Waals surface area contributed by atoms with Crippen molar-refractivity contribution in [1.29, 1.82) is 0 Å². The van der Waals surface area contributed by atoms with Gasteiger partial charge in [-0.3, -0.25) is 4.79 Å². The van der Waals surface area contributed by atoms with E-state index in [1.165, 1.54) is 6.92 Å². The second kappa shape index (κ2) is 6.31. The first-order valence-corrected chi connectivity index (χ1v) is 7.15. The van der Waals surface area contributed by atoms with Crippen LogP contribution in [-0.2, 0) is 28.6 Å². The summed E-state index contributed by atoms with van der Waals surface area (Å²) in [5.41, 5.74) is -0.924. The summed E-state index contributed by atoms with van der Waals surface area (Å²) in [6.07, 6.45) is 2.69. The van der Waals surface area contributed by atoms with Crippen molar-refractivity contribution in [2.45, 2.75) is 32.5 Å². The van der Waals surface area contributed by atoms with Crippen molar-refractivity contribution in [2.24, 2.45) is 0 Å². The molecule has 2 aliphatic rings. The summed E-state index contributed by atoms with van der Waals surface area (Å²) in [6, 6.07) is 0. The van der Waals surface area contributed by atoms with Crippen LogP contribution in [-0.4, -0.2) is 49.3 Å². The molecule has 2 heterocycles. The Hall–Kier alpha value is -2.15. The van der Waals surface area contributed by atoms with E-state index in [9.17, 15) is 14.4 Å². The number of amides is 1. The SMILES string of the molecule is CCOC(=O)C1=C(C(=O)OCC)C2(CNC(C)=O)C=CC1O2. The van der Waals surface area contributed by atoms with Gasteiger partial charge in [0.25, 0.3) is 0 Å². The van der Waals surface area contributed by atoms with E-state index in [1.807, 2.05) is 0 Å². The van der Waals surface area contributed by atoms with Crippen molar-refractivity contribution in [1.82, 2.24) is 5.32 Å². The summed E-state index contributed by atoms with van der Waals surface area (Å²) in [5, 5.41) is 2.62. The fourth-order valence-electron chi connectivity index (χ4n) is 2.57. The average molecular weight is 309 g/mol. The van der Waals surface area contributed by atoms with E-state index in [1.54, 1.807) is 26.0 Å². The van der Waals surface area contributed by atoms with Gasteiger partial charge in [0.05, 0.1) is 30.9 Å². The lowest BCUT2D eigenvalue weighted by Crippen LogP contribution is -2.44. The highest BCUT2D eigenvalue weighted by atomic mass is 16.6.